The molecule has 22 heavy (non-hydrogen) atoms. The number of hydrogen-bond donors (Lipinski definition) is 1. The fraction of sp³-hybridized carbons (Fsp3) is 0.632. The zero-order chi connectivity index (χ0) is 15.8. The van der Waals surface area contributed by atoms with Gasteiger partial charge in [0, 0.05) is 25.3 Å². The summed E-state index contributed by atoms with van der Waals surface area (Å²) in [7, 11) is 0. The van der Waals surface area contributed by atoms with Gasteiger partial charge in [0.05, 0.1) is 0 Å². The molecule has 1 unspecified atom stereocenters. The number of carbonyl (C=O) groups excluding carboxylic acids is 1. The molecule has 0 radical (unpaired) electrons. The average molecular weight is 300 g/mol. The Morgan fingerprint density at radius 2 is 2.00 bits per heavy atom. The largest absolute Gasteiger partial charge is 0.329 e. The van der Waals surface area contributed by atoms with Crippen molar-refractivity contribution in [3.8, 4) is 0 Å². The Balaban J connectivity index is 1.58. The topological polar surface area (TPSA) is 32.3 Å². The lowest BCUT2D eigenvalue weighted by atomic mass is 9.63. The third-order valence-electron chi connectivity index (χ3n) is 6.57. The molecule has 1 amide bonds. The standard InChI is InChI=1S/C19H28N2O/c1-18(2)16-8-10-19(18,3)13-21(12-16)11-9-15-4-6-17(7-5-15)20-14-22/h4-7,14,16H,8-13H2,1-3H3,(H,20,22)/t16?,19-/m0/s1. The van der Waals surface area contributed by atoms with Gasteiger partial charge in [-0.1, -0.05) is 32.9 Å². The van der Waals surface area contributed by atoms with Crippen molar-refractivity contribution in [2.75, 3.05) is 25.0 Å². The van der Waals surface area contributed by atoms with Crippen molar-refractivity contribution in [3.05, 3.63) is 29.8 Å². The van der Waals surface area contributed by atoms with Crippen LogP contribution in [0.1, 0.15) is 39.2 Å². The summed E-state index contributed by atoms with van der Waals surface area (Å²) in [6, 6.07) is 8.20. The molecule has 120 valence electrons. The van der Waals surface area contributed by atoms with Crippen LogP contribution in [0.2, 0.25) is 0 Å². The molecular formula is C19H28N2O. The minimum absolute atomic E-state index is 0.480. The van der Waals surface area contributed by atoms with Crippen LogP contribution in [0.4, 0.5) is 5.69 Å². The van der Waals surface area contributed by atoms with E-state index in [0.29, 0.717) is 10.8 Å². The maximum atomic E-state index is 10.4. The number of fused-ring (bicyclic) bond motifs is 2. The van der Waals surface area contributed by atoms with E-state index in [9.17, 15) is 4.79 Å². The molecule has 1 aliphatic heterocycles. The summed E-state index contributed by atoms with van der Waals surface area (Å²) in [5.41, 5.74) is 3.18. The molecule has 1 saturated heterocycles. The van der Waals surface area contributed by atoms with Crippen LogP contribution in [0, 0.1) is 16.7 Å². The number of nitrogens with zero attached hydrogens (tertiary/aromatic N) is 1. The van der Waals surface area contributed by atoms with Crippen molar-refractivity contribution in [2.24, 2.45) is 16.7 Å². The number of likely N-dealkylation sites (tertiary alicyclic amines) is 1. The van der Waals surface area contributed by atoms with Crippen molar-refractivity contribution in [2.45, 2.75) is 40.0 Å². The van der Waals surface area contributed by atoms with Crippen molar-refractivity contribution in [1.29, 1.82) is 0 Å². The van der Waals surface area contributed by atoms with Gasteiger partial charge < -0.3 is 10.2 Å². The summed E-state index contributed by atoms with van der Waals surface area (Å²) in [6.45, 7) is 11.1. The van der Waals surface area contributed by atoms with Gasteiger partial charge in [-0.3, -0.25) is 4.79 Å². The van der Waals surface area contributed by atoms with Crippen molar-refractivity contribution < 1.29 is 4.79 Å². The Kier molecular flexibility index (Phi) is 4.02. The SMILES string of the molecule is CC1(C)C2CC[C@@]1(C)CN(CCc1ccc(NC=O)cc1)C2. The number of nitrogens with one attached hydrogen (secondary N) is 1. The molecule has 1 saturated carbocycles. The third kappa shape index (κ3) is 2.67. The second kappa shape index (κ2) is 5.69. The third-order valence-corrected chi connectivity index (χ3v) is 6.57. The molecule has 3 heteroatoms. The first-order valence-corrected chi connectivity index (χ1v) is 8.46. The molecule has 1 heterocycles. The predicted octanol–water partition coefficient (Wildman–Crippen LogP) is 3.56. The fourth-order valence-electron chi connectivity index (χ4n) is 4.43. The highest BCUT2D eigenvalue weighted by molar-refractivity contribution is 5.71. The molecule has 3 nitrogen and oxygen atoms in total. The molecule has 1 aromatic rings. The van der Waals surface area contributed by atoms with Crippen LogP contribution in [-0.4, -0.2) is 30.9 Å². The lowest BCUT2D eigenvalue weighted by Gasteiger charge is -2.50. The van der Waals surface area contributed by atoms with Gasteiger partial charge in [0.15, 0.2) is 0 Å². The number of carbonyl (C=O) groups is 1. The summed E-state index contributed by atoms with van der Waals surface area (Å²) >= 11 is 0. The molecule has 0 aromatic heterocycles. The molecule has 2 bridgehead atoms. The lowest BCUT2D eigenvalue weighted by Crippen LogP contribution is -2.52. The highest BCUT2D eigenvalue weighted by Gasteiger charge is 2.55. The Morgan fingerprint density at radius 3 is 2.64 bits per heavy atom. The Labute approximate surface area is 134 Å². The van der Waals surface area contributed by atoms with Gasteiger partial charge in [-0.25, -0.2) is 0 Å². The number of amides is 1. The smallest absolute Gasteiger partial charge is 0.211 e. The van der Waals surface area contributed by atoms with E-state index < -0.39 is 0 Å². The number of hydrogen-bond acceptors (Lipinski definition) is 2. The van der Waals surface area contributed by atoms with Gasteiger partial charge in [-0.15, -0.1) is 0 Å². The minimum atomic E-state index is 0.480. The van der Waals surface area contributed by atoms with Crippen LogP contribution < -0.4 is 5.32 Å². The van der Waals surface area contributed by atoms with Crippen LogP contribution in [0.3, 0.4) is 0 Å². The van der Waals surface area contributed by atoms with Crippen LogP contribution in [0.25, 0.3) is 0 Å². The second-order valence-corrected chi connectivity index (χ2v) is 7.96. The van der Waals surface area contributed by atoms with Crippen LogP contribution in [0.15, 0.2) is 24.3 Å². The van der Waals surface area contributed by atoms with E-state index in [2.05, 4.69) is 43.1 Å². The lowest BCUT2D eigenvalue weighted by molar-refractivity contribution is -0.105. The first-order chi connectivity index (χ1) is 10.4. The maximum Gasteiger partial charge on any atom is 0.211 e. The molecule has 1 aromatic carbocycles. The van der Waals surface area contributed by atoms with Gasteiger partial charge in [-0.05, 0) is 53.7 Å². The number of piperidine rings is 1. The predicted molar refractivity (Wildman–Crippen MR) is 90.9 cm³/mol. The van der Waals surface area contributed by atoms with Crippen molar-refractivity contribution in [1.82, 2.24) is 4.90 Å². The van der Waals surface area contributed by atoms with Gasteiger partial charge >= 0.3 is 0 Å². The van der Waals surface area contributed by atoms with Crippen LogP contribution in [0.5, 0.6) is 0 Å². The van der Waals surface area contributed by atoms with Crippen molar-refractivity contribution in [3.63, 3.8) is 0 Å². The van der Waals surface area contributed by atoms with E-state index >= 15 is 0 Å². The zero-order valence-corrected chi connectivity index (χ0v) is 14.1. The summed E-state index contributed by atoms with van der Waals surface area (Å²) in [4.78, 5) is 13.1. The minimum Gasteiger partial charge on any atom is -0.329 e. The summed E-state index contributed by atoms with van der Waals surface area (Å²) in [6.07, 6.45) is 4.59. The highest BCUT2D eigenvalue weighted by Crippen LogP contribution is 2.58. The fourth-order valence-corrected chi connectivity index (χ4v) is 4.43. The Morgan fingerprint density at radius 1 is 1.27 bits per heavy atom. The molecule has 3 rings (SSSR count). The van der Waals surface area contributed by atoms with E-state index in [-0.39, 0.29) is 0 Å². The van der Waals surface area contributed by atoms with Gasteiger partial charge in [0.1, 0.15) is 0 Å². The van der Waals surface area contributed by atoms with Crippen LogP contribution >= 0.6 is 0 Å². The van der Waals surface area contributed by atoms with E-state index in [1.807, 2.05) is 12.1 Å². The van der Waals surface area contributed by atoms with E-state index in [0.717, 1.165) is 31.0 Å². The van der Waals surface area contributed by atoms with Gasteiger partial charge in [0.25, 0.3) is 0 Å². The van der Waals surface area contributed by atoms with Crippen LogP contribution in [-0.2, 0) is 11.2 Å². The average Bonchev–Trinajstić information content (AvgIpc) is 2.64. The molecule has 0 spiro atoms. The zero-order valence-electron chi connectivity index (χ0n) is 14.1. The van der Waals surface area contributed by atoms with Gasteiger partial charge in [0.2, 0.25) is 6.41 Å². The molecule has 1 aliphatic carbocycles. The summed E-state index contributed by atoms with van der Waals surface area (Å²) in [5.74, 6) is 0.852. The molecule has 2 fully saturated rings. The molecular weight excluding hydrogens is 272 g/mol. The normalized spacial score (nSPS) is 30.2. The summed E-state index contributed by atoms with van der Waals surface area (Å²) in [5, 5.41) is 2.68. The Bertz CT molecular complexity index is 537. The number of benzene rings is 1. The second-order valence-electron chi connectivity index (χ2n) is 7.96. The van der Waals surface area contributed by atoms with Gasteiger partial charge in [-0.2, -0.15) is 0 Å². The highest BCUT2D eigenvalue weighted by atomic mass is 16.1. The maximum absolute atomic E-state index is 10.4. The molecule has 2 aliphatic rings. The Hall–Kier alpha value is -1.35. The summed E-state index contributed by atoms with van der Waals surface area (Å²) < 4.78 is 0. The van der Waals surface area contributed by atoms with E-state index in [4.69, 9.17) is 0 Å². The number of rotatable bonds is 5. The molecule has 2 atom stereocenters. The molecule has 1 N–H and O–H groups in total. The first kappa shape index (κ1) is 15.5. The monoisotopic (exact) mass is 300 g/mol. The van der Waals surface area contributed by atoms with E-state index in [1.54, 1.807) is 0 Å². The number of anilines is 1. The quantitative estimate of drug-likeness (QED) is 0.843. The van der Waals surface area contributed by atoms with Crippen molar-refractivity contribution >= 4 is 12.1 Å². The van der Waals surface area contributed by atoms with E-state index in [1.165, 1.54) is 31.5 Å². The first-order valence-electron chi connectivity index (χ1n) is 8.46.